The van der Waals surface area contributed by atoms with Crippen molar-refractivity contribution < 1.29 is 4.79 Å². The highest BCUT2D eigenvalue weighted by atomic mass is 35.5. The second kappa shape index (κ2) is 5.90. The smallest absolute Gasteiger partial charge is 0.251 e. The summed E-state index contributed by atoms with van der Waals surface area (Å²) in [6, 6.07) is 15.4. The van der Waals surface area contributed by atoms with E-state index in [2.05, 4.69) is 17.4 Å². The zero-order chi connectivity index (χ0) is 13.9. The molecule has 0 radical (unpaired) electrons. The van der Waals surface area contributed by atoms with E-state index >= 15 is 0 Å². The highest BCUT2D eigenvalue weighted by molar-refractivity contribution is 7.99. The predicted octanol–water partition coefficient (Wildman–Crippen LogP) is 4.31. The maximum atomic E-state index is 12.3. The van der Waals surface area contributed by atoms with Crippen molar-refractivity contribution in [2.45, 2.75) is 17.4 Å². The zero-order valence-electron chi connectivity index (χ0n) is 10.8. The fourth-order valence-electron chi connectivity index (χ4n) is 2.36. The van der Waals surface area contributed by atoms with E-state index in [0.717, 1.165) is 12.2 Å². The SMILES string of the molecule is O=C(N[C@H]1CCSc2ccccc21)c1cccc(Cl)c1. The number of carbonyl (C=O) groups excluding carboxylic acids is 1. The Morgan fingerprint density at radius 3 is 2.90 bits per heavy atom. The number of thioether (sulfide) groups is 1. The molecule has 4 heteroatoms. The Morgan fingerprint density at radius 2 is 2.05 bits per heavy atom. The third kappa shape index (κ3) is 2.84. The van der Waals surface area contributed by atoms with Gasteiger partial charge < -0.3 is 5.32 Å². The Kier molecular flexibility index (Phi) is 3.99. The van der Waals surface area contributed by atoms with Gasteiger partial charge in [0, 0.05) is 21.2 Å². The second-order valence-electron chi connectivity index (χ2n) is 4.71. The molecule has 0 unspecified atom stereocenters. The highest BCUT2D eigenvalue weighted by Gasteiger charge is 2.22. The maximum absolute atomic E-state index is 12.3. The lowest BCUT2D eigenvalue weighted by Crippen LogP contribution is -2.30. The van der Waals surface area contributed by atoms with Crippen LogP contribution in [0.2, 0.25) is 5.02 Å². The molecule has 0 spiro atoms. The lowest BCUT2D eigenvalue weighted by atomic mass is 10.0. The molecule has 0 saturated carbocycles. The van der Waals surface area contributed by atoms with Gasteiger partial charge in [0.2, 0.25) is 0 Å². The Bertz CT molecular complexity index is 644. The zero-order valence-corrected chi connectivity index (χ0v) is 12.4. The largest absolute Gasteiger partial charge is 0.345 e. The summed E-state index contributed by atoms with van der Waals surface area (Å²) in [5.74, 6) is 0.955. The van der Waals surface area contributed by atoms with Crippen LogP contribution >= 0.6 is 23.4 Å². The van der Waals surface area contributed by atoms with Gasteiger partial charge in [-0.05, 0) is 36.2 Å². The van der Waals surface area contributed by atoms with Gasteiger partial charge in [-0.3, -0.25) is 4.79 Å². The number of hydrogen-bond donors (Lipinski definition) is 1. The normalized spacial score (nSPS) is 17.4. The summed E-state index contributed by atoms with van der Waals surface area (Å²) < 4.78 is 0. The summed E-state index contributed by atoms with van der Waals surface area (Å²) in [5.41, 5.74) is 1.81. The first-order chi connectivity index (χ1) is 9.74. The maximum Gasteiger partial charge on any atom is 0.251 e. The lowest BCUT2D eigenvalue weighted by molar-refractivity contribution is 0.0935. The highest BCUT2D eigenvalue weighted by Crippen LogP contribution is 2.35. The van der Waals surface area contributed by atoms with E-state index in [1.165, 1.54) is 10.5 Å². The van der Waals surface area contributed by atoms with Gasteiger partial charge in [-0.2, -0.15) is 0 Å². The first-order valence-corrected chi connectivity index (χ1v) is 7.88. The van der Waals surface area contributed by atoms with Crippen LogP contribution in [0.15, 0.2) is 53.4 Å². The molecule has 1 atom stereocenters. The fourth-order valence-corrected chi connectivity index (χ4v) is 3.68. The van der Waals surface area contributed by atoms with E-state index in [1.54, 1.807) is 24.3 Å². The minimum absolute atomic E-state index is 0.0702. The fraction of sp³-hybridized carbons (Fsp3) is 0.188. The van der Waals surface area contributed by atoms with Gasteiger partial charge in [0.1, 0.15) is 0 Å². The van der Waals surface area contributed by atoms with Crippen LogP contribution in [0.1, 0.15) is 28.4 Å². The van der Waals surface area contributed by atoms with E-state index in [-0.39, 0.29) is 11.9 Å². The quantitative estimate of drug-likeness (QED) is 0.896. The van der Waals surface area contributed by atoms with Crippen LogP contribution in [-0.4, -0.2) is 11.7 Å². The van der Waals surface area contributed by atoms with E-state index < -0.39 is 0 Å². The van der Waals surface area contributed by atoms with Gasteiger partial charge in [-0.15, -0.1) is 11.8 Å². The monoisotopic (exact) mass is 303 g/mol. The van der Waals surface area contributed by atoms with Gasteiger partial charge in [-0.25, -0.2) is 0 Å². The molecule has 0 aromatic heterocycles. The third-order valence-electron chi connectivity index (χ3n) is 3.35. The molecular weight excluding hydrogens is 290 g/mol. The predicted molar refractivity (Wildman–Crippen MR) is 83.4 cm³/mol. The molecule has 2 aromatic carbocycles. The van der Waals surface area contributed by atoms with Crippen molar-refractivity contribution in [1.82, 2.24) is 5.32 Å². The molecule has 20 heavy (non-hydrogen) atoms. The number of rotatable bonds is 2. The molecule has 3 rings (SSSR count). The molecular formula is C16H14ClNOS. The van der Waals surface area contributed by atoms with Gasteiger partial charge in [0.25, 0.3) is 5.91 Å². The van der Waals surface area contributed by atoms with Crippen LogP contribution in [-0.2, 0) is 0 Å². The van der Waals surface area contributed by atoms with Crippen molar-refractivity contribution in [2.24, 2.45) is 0 Å². The van der Waals surface area contributed by atoms with Gasteiger partial charge in [0.05, 0.1) is 6.04 Å². The van der Waals surface area contributed by atoms with Crippen LogP contribution in [0.25, 0.3) is 0 Å². The van der Waals surface area contributed by atoms with Crippen LogP contribution in [0.5, 0.6) is 0 Å². The summed E-state index contributed by atoms with van der Waals surface area (Å²) in [5, 5.41) is 3.69. The van der Waals surface area contributed by atoms with Crippen molar-refractivity contribution in [2.75, 3.05) is 5.75 Å². The van der Waals surface area contributed by atoms with Crippen LogP contribution < -0.4 is 5.32 Å². The Balaban J connectivity index is 1.81. The van der Waals surface area contributed by atoms with Crippen LogP contribution in [0, 0.1) is 0 Å². The summed E-state index contributed by atoms with van der Waals surface area (Å²) in [6.07, 6.45) is 0.952. The number of nitrogens with one attached hydrogen (secondary N) is 1. The minimum atomic E-state index is -0.0702. The first kappa shape index (κ1) is 13.5. The van der Waals surface area contributed by atoms with Crippen molar-refractivity contribution in [3.8, 4) is 0 Å². The Hall–Kier alpha value is -1.45. The molecule has 102 valence electrons. The Morgan fingerprint density at radius 1 is 1.20 bits per heavy atom. The van der Waals surface area contributed by atoms with Gasteiger partial charge >= 0.3 is 0 Å². The lowest BCUT2D eigenvalue weighted by Gasteiger charge is -2.25. The van der Waals surface area contributed by atoms with Gasteiger partial charge in [0.15, 0.2) is 0 Å². The van der Waals surface area contributed by atoms with E-state index in [0.29, 0.717) is 10.6 Å². The second-order valence-corrected chi connectivity index (χ2v) is 6.28. The average Bonchev–Trinajstić information content (AvgIpc) is 2.47. The van der Waals surface area contributed by atoms with Crippen molar-refractivity contribution >= 4 is 29.3 Å². The molecule has 2 aromatic rings. The van der Waals surface area contributed by atoms with E-state index in [9.17, 15) is 4.79 Å². The number of amides is 1. The Labute approximate surface area is 127 Å². The molecule has 1 N–H and O–H groups in total. The first-order valence-electron chi connectivity index (χ1n) is 6.52. The molecule has 2 nitrogen and oxygen atoms in total. The summed E-state index contributed by atoms with van der Waals surface area (Å²) in [4.78, 5) is 13.6. The van der Waals surface area contributed by atoms with Gasteiger partial charge in [-0.1, -0.05) is 35.9 Å². The third-order valence-corrected chi connectivity index (χ3v) is 4.71. The molecule has 0 fully saturated rings. The minimum Gasteiger partial charge on any atom is -0.345 e. The molecule has 1 heterocycles. The van der Waals surface area contributed by atoms with E-state index in [1.807, 2.05) is 23.9 Å². The number of carbonyl (C=O) groups is 1. The standard InChI is InChI=1S/C16H14ClNOS/c17-12-5-3-4-11(10-12)16(19)18-14-8-9-20-15-7-2-1-6-13(14)15/h1-7,10,14H,8-9H2,(H,18,19)/t14-/m0/s1. The number of hydrogen-bond acceptors (Lipinski definition) is 2. The topological polar surface area (TPSA) is 29.1 Å². The average molecular weight is 304 g/mol. The summed E-state index contributed by atoms with van der Waals surface area (Å²) in [7, 11) is 0. The van der Waals surface area contributed by atoms with E-state index in [4.69, 9.17) is 11.6 Å². The molecule has 0 saturated heterocycles. The van der Waals surface area contributed by atoms with Crippen molar-refractivity contribution in [1.29, 1.82) is 0 Å². The molecule has 0 aliphatic carbocycles. The number of fused-ring (bicyclic) bond motifs is 1. The van der Waals surface area contributed by atoms with Crippen LogP contribution in [0.3, 0.4) is 0 Å². The number of benzene rings is 2. The van der Waals surface area contributed by atoms with Crippen molar-refractivity contribution in [3.63, 3.8) is 0 Å². The molecule has 0 bridgehead atoms. The number of halogens is 1. The molecule has 1 aliphatic heterocycles. The molecule has 1 amide bonds. The van der Waals surface area contributed by atoms with Crippen LogP contribution in [0.4, 0.5) is 0 Å². The summed E-state index contributed by atoms with van der Waals surface area (Å²) >= 11 is 7.77. The summed E-state index contributed by atoms with van der Waals surface area (Å²) in [6.45, 7) is 0. The molecule has 1 aliphatic rings. The van der Waals surface area contributed by atoms with Crippen molar-refractivity contribution in [3.05, 3.63) is 64.7 Å².